The third kappa shape index (κ3) is 2.48. The first kappa shape index (κ1) is 12.1. The Bertz CT molecular complexity index is 568. The second-order valence-corrected chi connectivity index (χ2v) is 5.01. The smallest absolute Gasteiger partial charge is 0.340 e. The summed E-state index contributed by atoms with van der Waals surface area (Å²) in [6.45, 7) is 1.69. The minimum atomic E-state index is -0.967. The number of aromatic carboxylic acids is 1. The number of aromatic nitrogens is 1. The van der Waals surface area contributed by atoms with Crippen LogP contribution in [0.3, 0.4) is 0 Å². The van der Waals surface area contributed by atoms with E-state index in [1.54, 1.807) is 6.92 Å². The van der Waals surface area contributed by atoms with Crippen molar-refractivity contribution >= 4 is 44.1 Å². The zero-order chi connectivity index (χ0) is 12.4. The van der Waals surface area contributed by atoms with Gasteiger partial charge in [-0.2, -0.15) is 4.37 Å². The van der Waals surface area contributed by atoms with Crippen molar-refractivity contribution in [3.63, 3.8) is 0 Å². The van der Waals surface area contributed by atoms with Crippen molar-refractivity contribution in [3.05, 3.63) is 40.0 Å². The van der Waals surface area contributed by atoms with Crippen LogP contribution in [0.25, 0.3) is 0 Å². The molecule has 0 bridgehead atoms. The summed E-state index contributed by atoms with van der Waals surface area (Å²) >= 11 is 4.54. The molecule has 2 aromatic rings. The number of anilines is 2. The van der Waals surface area contributed by atoms with Crippen molar-refractivity contribution in [2.75, 3.05) is 5.32 Å². The number of carbonyl (C=O) groups is 1. The maximum absolute atomic E-state index is 11.1. The number of carboxylic acids is 1. The van der Waals surface area contributed by atoms with E-state index in [-0.39, 0.29) is 5.56 Å². The van der Waals surface area contributed by atoms with Crippen LogP contribution in [-0.4, -0.2) is 15.4 Å². The van der Waals surface area contributed by atoms with E-state index in [0.717, 1.165) is 21.7 Å². The first-order valence-electron chi connectivity index (χ1n) is 4.80. The van der Waals surface area contributed by atoms with Gasteiger partial charge in [-0.3, -0.25) is 0 Å². The molecule has 0 unspecified atom stereocenters. The van der Waals surface area contributed by atoms with Crippen molar-refractivity contribution in [1.29, 1.82) is 0 Å². The van der Waals surface area contributed by atoms with Crippen LogP contribution in [0, 0.1) is 6.92 Å². The maximum atomic E-state index is 11.1. The number of halogens is 1. The molecular formula is C11H9BrN2O2S. The lowest BCUT2D eigenvalue weighted by Gasteiger charge is -2.06. The fraction of sp³-hybridized carbons (Fsp3) is 0.0909. The molecule has 2 rings (SSSR count). The molecule has 0 atom stereocenters. The molecule has 1 heterocycles. The summed E-state index contributed by atoms with van der Waals surface area (Å²) in [6, 6.07) is 7.52. The highest BCUT2D eigenvalue weighted by molar-refractivity contribution is 9.10. The quantitative estimate of drug-likeness (QED) is 0.908. The molecule has 0 aliphatic rings. The molecule has 1 aromatic heterocycles. The molecule has 0 radical (unpaired) electrons. The fourth-order valence-electron chi connectivity index (χ4n) is 1.39. The standard InChI is InChI=1S/C11H9BrN2O2S/c1-6-9(11(15)16)10(17-14-6)13-8-5-3-2-4-7(8)12/h2-5,13H,1H3,(H,15,16). The Kier molecular flexibility index (Phi) is 3.44. The number of nitrogens with one attached hydrogen (secondary N) is 1. The summed E-state index contributed by atoms with van der Waals surface area (Å²) in [6.07, 6.45) is 0. The van der Waals surface area contributed by atoms with Gasteiger partial charge in [0.2, 0.25) is 0 Å². The van der Waals surface area contributed by atoms with Gasteiger partial charge in [0.1, 0.15) is 10.6 Å². The van der Waals surface area contributed by atoms with E-state index in [9.17, 15) is 4.79 Å². The van der Waals surface area contributed by atoms with Gasteiger partial charge >= 0.3 is 5.97 Å². The molecule has 1 aromatic carbocycles. The van der Waals surface area contributed by atoms with Crippen LogP contribution in [0.15, 0.2) is 28.7 Å². The van der Waals surface area contributed by atoms with E-state index in [0.29, 0.717) is 10.7 Å². The normalized spacial score (nSPS) is 10.2. The van der Waals surface area contributed by atoms with E-state index in [4.69, 9.17) is 5.11 Å². The van der Waals surface area contributed by atoms with Crippen molar-refractivity contribution in [1.82, 2.24) is 4.37 Å². The number of hydrogen-bond donors (Lipinski definition) is 2. The predicted molar refractivity (Wildman–Crippen MR) is 71.2 cm³/mol. The van der Waals surface area contributed by atoms with Gasteiger partial charge in [0.15, 0.2) is 0 Å². The number of carboxylic acid groups (broad SMARTS) is 1. The first-order valence-corrected chi connectivity index (χ1v) is 6.37. The molecule has 0 fully saturated rings. The summed E-state index contributed by atoms with van der Waals surface area (Å²) in [5, 5.41) is 12.7. The van der Waals surface area contributed by atoms with Gasteiger partial charge in [0, 0.05) is 4.47 Å². The van der Waals surface area contributed by atoms with E-state index < -0.39 is 5.97 Å². The van der Waals surface area contributed by atoms with Gasteiger partial charge in [-0.05, 0) is 46.5 Å². The third-order valence-corrected chi connectivity index (χ3v) is 3.74. The van der Waals surface area contributed by atoms with Gasteiger partial charge in [-0.25, -0.2) is 4.79 Å². The summed E-state index contributed by atoms with van der Waals surface area (Å²) in [5.41, 5.74) is 1.57. The zero-order valence-corrected chi connectivity index (χ0v) is 11.3. The van der Waals surface area contributed by atoms with Crippen LogP contribution in [0.5, 0.6) is 0 Å². The molecule has 0 amide bonds. The summed E-state index contributed by atoms with van der Waals surface area (Å²) in [5.74, 6) is -0.967. The highest BCUT2D eigenvalue weighted by Crippen LogP contribution is 2.31. The molecule has 0 saturated carbocycles. The average Bonchev–Trinajstić information content (AvgIpc) is 2.63. The van der Waals surface area contributed by atoms with Crippen molar-refractivity contribution < 1.29 is 9.90 Å². The lowest BCUT2D eigenvalue weighted by molar-refractivity contribution is 0.0697. The molecule has 6 heteroatoms. The minimum absolute atomic E-state index is 0.228. The highest BCUT2D eigenvalue weighted by atomic mass is 79.9. The topological polar surface area (TPSA) is 62.2 Å². The lowest BCUT2D eigenvalue weighted by Crippen LogP contribution is -2.01. The molecule has 88 valence electrons. The van der Waals surface area contributed by atoms with Gasteiger partial charge < -0.3 is 10.4 Å². The van der Waals surface area contributed by atoms with Crippen molar-refractivity contribution in [2.45, 2.75) is 6.92 Å². The van der Waals surface area contributed by atoms with Gasteiger partial charge in [0.25, 0.3) is 0 Å². The third-order valence-electron chi connectivity index (χ3n) is 2.20. The molecule has 17 heavy (non-hydrogen) atoms. The second kappa shape index (κ2) is 4.85. The maximum Gasteiger partial charge on any atom is 0.340 e. The SMILES string of the molecule is Cc1nsc(Nc2ccccc2Br)c1C(=O)O. The lowest BCUT2D eigenvalue weighted by atomic mass is 10.2. The Morgan fingerprint density at radius 3 is 2.82 bits per heavy atom. The number of nitrogens with zero attached hydrogens (tertiary/aromatic N) is 1. The summed E-state index contributed by atoms with van der Waals surface area (Å²) < 4.78 is 4.92. The Morgan fingerprint density at radius 2 is 2.18 bits per heavy atom. The molecular weight excluding hydrogens is 304 g/mol. The summed E-state index contributed by atoms with van der Waals surface area (Å²) in [7, 11) is 0. The fourth-order valence-corrected chi connectivity index (χ4v) is 2.58. The van der Waals surface area contributed by atoms with Crippen LogP contribution in [-0.2, 0) is 0 Å². The van der Waals surface area contributed by atoms with Crippen LogP contribution in [0.1, 0.15) is 16.1 Å². The van der Waals surface area contributed by atoms with E-state index in [1.165, 1.54) is 0 Å². The molecule has 0 spiro atoms. The molecule has 0 aliphatic heterocycles. The highest BCUT2D eigenvalue weighted by Gasteiger charge is 2.17. The second-order valence-electron chi connectivity index (χ2n) is 3.38. The predicted octanol–water partition coefficient (Wildman–Crippen LogP) is 3.66. The van der Waals surface area contributed by atoms with Crippen LogP contribution in [0.2, 0.25) is 0 Å². The largest absolute Gasteiger partial charge is 0.478 e. The first-order chi connectivity index (χ1) is 8.09. The van der Waals surface area contributed by atoms with Crippen LogP contribution in [0.4, 0.5) is 10.7 Å². The van der Waals surface area contributed by atoms with E-state index in [1.807, 2.05) is 24.3 Å². The van der Waals surface area contributed by atoms with Crippen molar-refractivity contribution in [2.24, 2.45) is 0 Å². The zero-order valence-electron chi connectivity index (χ0n) is 8.90. The molecule has 2 N–H and O–H groups in total. The number of para-hydroxylation sites is 1. The number of rotatable bonds is 3. The Morgan fingerprint density at radius 1 is 1.47 bits per heavy atom. The Hall–Kier alpha value is -1.40. The van der Waals surface area contributed by atoms with Gasteiger partial charge in [-0.1, -0.05) is 12.1 Å². The van der Waals surface area contributed by atoms with Gasteiger partial charge in [0.05, 0.1) is 11.4 Å². The van der Waals surface area contributed by atoms with E-state index >= 15 is 0 Å². The minimum Gasteiger partial charge on any atom is -0.478 e. The number of hydrogen-bond acceptors (Lipinski definition) is 4. The Balaban J connectivity index is 2.37. The average molecular weight is 313 g/mol. The van der Waals surface area contributed by atoms with Gasteiger partial charge in [-0.15, -0.1) is 0 Å². The number of aryl methyl sites for hydroxylation is 1. The monoisotopic (exact) mass is 312 g/mol. The van der Waals surface area contributed by atoms with E-state index in [2.05, 4.69) is 25.6 Å². The number of benzene rings is 1. The molecule has 0 saturated heterocycles. The van der Waals surface area contributed by atoms with Crippen LogP contribution >= 0.6 is 27.5 Å². The van der Waals surface area contributed by atoms with Crippen molar-refractivity contribution in [3.8, 4) is 0 Å². The Labute approximate surface area is 111 Å². The van der Waals surface area contributed by atoms with Crippen LogP contribution < -0.4 is 5.32 Å². The molecule has 4 nitrogen and oxygen atoms in total. The summed E-state index contributed by atoms with van der Waals surface area (Å²) in [4.78, 5) is 11.1. The molecule has 0 aliphatic carbocycles.